The van der Waals surface area contributed by atoms with Crippen molar-refractivity contribution in [3.63, 3.8) is 0 Å². The van der Waals surface area contributed by atoms with E-state index >= 15 is 0 Å². The standard InChI is InChI=1S/C15H21NO4/c1-11(9-13(17)18)10-16-14(19)15(2,20-3)12-7-5-4-6-8-12/h4-8,11H,9-10H2,1-3H3,(H,16,19)(H,17,18). The lowest BCUT2D eigenvalue weighted by Crippen LogP contribution is -2.45. The second kappa shape index (κ2) is 7.05. The van der Waals surface area contributed by atoms with E-state index in [1.54, 1.807) is 13.8 Å². The van der Waals surface area contributed by atoms with Gasteiger partial charge in [-0.15, -0.1) is 0 Å². The lowest BCUT2D eigenvalue weighted by atomic mass is 9.94. The first-order valence-electron chi connectivity index (χ1n) is 6.51. The number of carboxylic acids is 1. The molecule has 2 N–H and O–H groups in total. The van der Waals surface area contributed by atoms with Crippen molar-refractivity contribution in [2.45, 2.75) is 25.9 Å². The van der Waals surface area contributed by atoms with Crippen molar-refractivity contribution in [2.75, 3.05) is 13.7 Å². The van der Waals surface area contributed by atoms with Crippen LogP contribution in [0.4, 0.5) is 0 Å². The van der Waals surface area contributed by atoms with Gasteiger partial charge in [0.1, 0.15) is 0 Å². The molecular formula is C15H21NO4. The Labute approximate surface area is 118 Å². The highest BCUT2D eigenvalue weighted by atomic mass is 16.5. The molecule has 1 aromatic rings. The minimum absolute atomic E-state index is 0.0231. The van der Waals surface area contributed by atoms with E-state index < -0.39 is 11.6 Å². The van der Waals surface area contributed by atoms with E-state index in [0.29, 0.717) is 6.54 Å². The van der Waals surface area contributed by atoms with Gasteiger partial charge in [-0.2, -0.15) is 0 Å². The third-order valence-corrected chi connectivity index (χ3v) is 3.30. The predicted molar refractivity (Wildman–Crippen MR) is 75.2 cm³/mol. The molecule has 0 spiro atoms. The molecule has 1 amide bonds. The number of hydrogen-bond acceptors (Lipinski definition) is 3. The van der Waals surface area contributed by atoms with Gasteiger partial charge >= 0.3 is 5.97 Å². The zero-order chi connectivity index (χ0) is 15.2. The van der Waals surface area contributed by atoms with Crippen LogP contribution in [0.15, 0.2) is 30.3 Å². The van der Waals surface area contributed by atoms with Crippen LogP contribution in [0, 0.1) is 5.92 Å². The van der Waals surface area contributed by atoms with Crippen molar-refractivity contribution in [1.82, 2.24) is 5.32 Å². The summed E-state index contributed by atoms with van der Waals surface area (Å²) >= 11 is 0. The summed E-state index contributed by atoms with van der Waals surface area (Å²) in [4.78, 5) is 22.9. The monoisotopic (exact) mass is 279 g/mol. The number of methoxy groups -OCH3 is 1. The molecule has 5 nitrogen and oxygen atoms in total. The summed E-state index contributed by atoms with van der Waals surface area (Å²) in [5.41, 5.74) is -0.324. The van der Waals surface area contributed by atoms with E-state index in [2.05, 4.69) is 5.32 Å². The number of ether oxygens (including phenoxy) is 1. The Morgan fingerprint density at radius 1 is 1.35 bits per heavy atom. The summed E-state index contributed by atoms with van der Waals surface area (Å²) in [6, 6.07) is 9.19. The van der Waals surface area contributed by atoms with Crippen LogP contribution in [0.2, 0.25) is 0 Å². The fourth-order valence-electron chi connectivity index (χ4n) is 1.90. The molecule has 0 saturated carbocycles. The number of amides is 1. The van der Waals surface area contributed by atoms with Crippen molar-refractivity contribution < 1.29 is 19.4 Å². The quantitative estimate of drug-likeness (QED) is 0.797. The molecule has 0 saturated heterocycles. The molecule has 0 aliphatic rings. The first-order chi connectivity index (χ1) is 9.40. The number of rotatable bonds is 7. The topological polar surface area (TPSA) is 75.6 Å². The minimum Gasteiger partial charge on any atom is -0.481 e. The molecule has 0 aliphatic carbocycles. The van der Waals surface area contributed by atoms with Crippen LogP contribution in [0.3, 0.4) is 0 Å². The summed E-state index contributed by atoms with van der Waals surface area (Å²) < 4.78 is 5.37. The Kier molecular flexibility index (Phi) is 5.70. The average Bonchev–Trinajstić information content (AvgIpc) is 2.44. The van der Waals surface area contributed by atoms with E-state index in [1.807, 2.05) is 30.3 Å². The number of benzene rings is 1. The molecule has 2 atom stereocenters. The normalized spacial score (nSPS) is 15.2. The first kappa shape index (κ1) is 16.2. The fraction of sp³-hybridized carbons (Fsp3) is 0.467. The van der Waals surface area contributed by atoms with Crippen LogP contribution in [-0.2, 0) is 19.9 Å². The zero-order valence-corrected chi connectivity index (χ0v) is 12.1. The molecule has 0 aliphatic heterocycles. The number of nitrogens with one attached hydrogen (secondary N) is 1. The Bertz CT molecular complexity index is 460. The molecule has 0 bridgehead atoms. The van der Waals surface area contributed by atoms with Crippen LogP contribution in [0.25, 0.3) is 0 Å². The lowest BCUT2D eigenvalue weighted by Gasteiger charge is -2.28. The van der Waals surface area contributed by atoms with Crippen molar-refractivity contribution in [2.24, 2.45) is 5.92 Å². The van der Waals surface area contributed by atoms with Gasteiger partial charge in [0.05, 0.1) is 0 Å². The maximum atomic E-state index is 12.3. The molecule has 2 unspecified atom stereocenters. The molecule has 5 heteroatoms. The Morgan fingerprint density at radius 2 is 1.95 bits per heavy atom. The van der Waals surface area contributed by atoms with Crippen molar-refractivity contribution in [3.8, 4) is 0 Å². The van der Waals surface area contributed by atoms with Gasteiger partial charge in [-0.25, -0.2) is 0 Å². The SMILES string of the molecule is COC(C)(C(=O)NCC(C)CC(=O)O)c1ccccc1. The number of hydrogen-bond donors (Lipinski definition) is 2. The molecule has 0 fully saturated rings. The summed E-state index contributed by atoms with van der Waals surface area (Å²) in [6.07, 6.45) is 0.0231. The summed E-state index contributed by atoms with van der Waals surface area (Å²) in [6.45, 7) is 3.78. The van der Waals surface area contributed by atoms with Crippen molar-refractivity contribution in [1.29, 1.82) is 0 Å². The second-order valence-electron chi connectivity index (χ2n) is 5.02. The van der Waals surface area contributed by atoms with Gasteiger partial charge in [0, 0.05) is 20.1 Å². The second-order valence-corrected chi connectivity index (χ2v) is 5.02. The minimum atomic E-state index is -1.08. The highest BCUT2D eigenvalue weighted by Crippen LogP contribution is 2.24. The number of carboxylic acid groups (broad SMARTS) is 1. The van der Waals surface area contributed by atoms with Crippen LogP contribution in [0.1, 0.15) is 25.8 Å². The molecule has 0 aromatic heterocycles. The molecule has 1 rings (SSSR count). The maximum absolute atomic E-state index is 12.3. The lowest BCUT2D eigenvalue weighted by molar-refractivity contribution is -0.143. The number of carbonyl (C=O) groups is 2. The summed E-state index contributed by atoms with van der Waals surface area (Å²) in [5.74, 6) is -1.28. The molecule has 0 heterocycles. The number of aliphatic carboxylic acids is 1. The fourth-order valence-corrected chi connectivity index (χ4v) is 1.90. The van der Waals surface area contributed by atoms with Crippen LogP contribution in [0.5, 0.6) is 0 Å². The molecule has 1 aromatic carbocycles. The van der Waals surface area contributed by atoms with Gasteiger partial charge in [0.2, 0.25) is 0 Å². The van der Waals surface area contributed by atoms with Gasteiger partial charge < -0.3 is 15.2 Å². The van der Waals surface area contributed by atoms with Gasteiger partial charge in [0.15, 0.2) is 5.60 Å². The average molecular weight is 279 g/mol. The third kappa shape index (κ3) is 4.06. The van der Waals surface area contributed by atoms with E-state index in [-0.39, 0.29) is 18.2 Å². The van der Waals surface area contributed by atoms with Crippen LogP contribution < -0.4 is 5.32 Å². The van der Waals surface area contributed by atoms with Gasteiger partial charge in [-0.3, -0.25) is 9.59 Å². The van der Waals surface area contributed by atoms with Crippen molar-refractivity contribution >= 4 is 11.9 Å². The van der Waals surface area contributed by atoms with Gasteiger partial charge in [0.25, 0.3) is 5.91 Å². The van der Waals surface area contributed by atoms with Gasteiger partial charge in [-0.05, 0) is 18.4 Å². The van der Waals surface area contributed by atoms with E-state index in [0.717, 1.165) is 5.56 Å². The highest BCUT2D eigenvalue weighted by molar-refractivity contribution is 5.86. The molecule has 0 radical (unpaired) electrons. The van der Waals surface area contributed by atoms with E-state index in [9.17, 15) is 9.59 Å². The first-order valence-corrected chi connectivity index (χ1v) is 6.51. The Morgan fingerprint density at radius 3 is 2.45 bits per heavy atom. The summed E-state index contributed by atoms with van der Waals surface area (Å²) in [5, 5.41) is 11.4. The van der Waals surface area contributed by atoms with E-state index in [4.69, 9.17) is 9.84 Å². The van der Waals surface area contributed by atoms with Gasteiger partial charge in [-0.1, -0.05) is 37.3 Å². The molecular weight excluding hydrogens is 258 g/mol. The zero-order valence-electron chi connectivity index (χ0n) is 12.1. The largest absolute Gasteiger partial charge is 0.481 e. The number of carbonyl (C=O) groups excluding carboxylic acids is 1. The third-order valence-electron chi connectivity index (χ3n) is 3.30. The smallest absolute Gasteiger partial charge is 0.303 e. The van der Waals surface area contributed by atoms with Crippen LogP contribution >= 0.6 is 0 Å². The predicted octanol–water partition coefficient (Wildman–Crippen LogP) is 1.78. The highest BCUT2D eigenvalue weighted by Gasteiger charge is 2.35. The summed E-state index contributed by atoms with van der Waals surface area (Å²) in [7, 11) is 1.48. The van der Waals surface area contributed by atoms with E-state index in [1.165, 1.54) is 7.11 Å². The van der Waals surface area contributed by atoms with Crippen LogP contribution in [-0.4, -0.2) is 30.6 Å². The molecule has 110 valence electrons. The Balaban J connectivity index is 2.70. The maximum Gasteiger partial charge on any atom is 0.303 e. The Hall–Kier alpha value is -1.88. The van der Waals surface area contributed by atoms with Crippen molar-refractivity contribution in [3.05, 3.63) is 35.9 Å². The molecule has 20 heavy (non-hydrogen) atoms.